The Kier molecular flexibility index (Phi) is 14.7. The third kappa shape index (κ3) is 10.6. The molecule has 0 aliphatic carbocycles. The Morgan fingerprint density at radius 3 is 2.13 bits per heavy atom. The van der Waals surface area contributed by atoms with Gasteiger partial charge >= 0.3 is 12.2 Å². The highest BCUT2D eigenvalue weighted by molar-refractivity contribution is 6.34. The molecule has 5 heterocycles. The number of urea groups is 1. The molecule has 2 N–H and O–H groups in total. The number of carbonyl (C=O) groups excluding carboxylic acids is 2. The second kappa shape index (κ2) is 21.3. The lowest BCUT2D eigenvalue weighted by Gasteiger charge is -2.50. The van der Waals surface area contributed by atoms with Crippen LogP contribution in [-0.2, 0) is 33.3 Å². The zero-order valence-corrected chi connectivity index (χ0v) is 43.7. The number of anilines is 3. The Labute approximate surface area is 450 Å². The van der Waals surface area contributed by atoms with Crippen LogP contribution in [0.5, 0.6) is 5.75 Å². The molecule has 0 saturated carbocycles. The van der Waals surface area contributed by atoms with Crippen LogP contribution in [0.4, 0.5) is 48.2 Å². The number of hydrogen-bond donors (Lipinski definition) is 2. The summed E-state index contributed by atoms with van der Waals surface area (Å²) in [5, 5.41) is 13.0. The zero-order chi connectivity index (χ0) is 55.1. The number of aromatic nitrogens is 5. The predicted molar refractivity (Wildman–Crippen MR) is 280 cm³/mol. The quantitative estimate of drug-likeness (QED) is 0.0897. The smallest absolute Gasteiger partial charge is 0.432 e. The van der Waals surface area contributed by atoms with Gasteiger partial charge in [-0.15, -0.1) is 0 Å². The maximum atomic E-state index is 15.1. The molecular formula is C56H55ClF6N10O5. The van der Waals surface area contributed by atoms with Crippen molar-refractivity contribution >= 4 is 40.6 Å². The van der Waals surface area contributed by atoms with E-state index in [2.05, 4.69) is 30.3 Å². The molecule has 3 aliphatic heterocycles. The number of piperazine rings is 1. The van der Waals surface area contributed by atoms with Crippen molar-refractivity contribution in [3.8, 4) is 17.0 Å². The van der Waals surface area contributed by atoms with E-state index < -0.39 is 58.1 Å². The van der Waals surface area contributed by atoms with Gasteiger partial charge in [-0.25, -0.2) is 27.6 Å². The molecule has 3 amide bonds. The minimum Gasteiger partial charge on any atom is -0.488 e. The summed E-state index contributed by atoms with van der Waals surface area (Å²) in [5.41, 5.74) is -0.758. The van der Waals surface area contributed by atoms with Crippen molar-refractivity contribution < 1.29 is 50.1 Å². The molecule has 1 unspecified atom stereocenters. The molecule has 78 heavy (non-hydrogen) atoms. The second-order valence-electron chi connectivity index (χ2n) is 20.5. The average Bonchev–Trinajstić information content (AvgIpc) is 4.34. The lowest BCUT2D eigenvalue weighted by Crippen LogP contribution is -2.60. The summed E-state index contributed by atoms with van der Waals surface area (Å²) in [5.74, 6) is -1.94. The van der Waals surface area contributed by atoms with Crippen LogP contribution in [0.2, 0.25) is 5.02 Å². The molecule has 408 valence electrons. The van der Waals surface area contributed by atoms with Gasteiger partial charge in [0.1, 0.15) is 53.8 Å². The molecule has 3 atom stereocenters. The summed E-state index contributed by atoms with van der Waals surface area (Å²) in [6, 6.07) is 29.3. The minimum absolute atomic E-state index is 0.00146. The fourth-order valence-corrected chi connectivity index (χ4v) is 11.0. The third-order valence-electron chi connectivity index (χ3n) is 14.8. The highest BCUT2D eigenvalue weighted by atomic mass is 35.5. The normalized spacial score (nSPS) is 20.1. The maximum absolute atomic E-state index is 15.1. The number of nitrogens with one attached hydrogen (secondary N) is 2. The number of hydrogen-bond acceptors (Lipinski definition) is 10. The third-order valence-corrected chi connectivity index (χ3v) is 15.2. The van der Waals surface area contributed by atoms with Crippen LogP contribution < -0.4 is 24.8 Å². The van der Waals surface area contributed by atoms with Crippen molar-refractivity contribution in [2.24, 2.45) is 5.41 Å². The highest BCUT2D eigenvalue weighted by Crippen LogP contribution is 2.51. The fourth-order valence-electron chi connectivity index (χ4n) is 10.8. The van der Waals surface area contributed by atoms with E-state index in [4.69, 9.17) is 25.8 Å². The van der Waals surface area contributed by atoms with Crippen molar-refractivity contribution in [1.82, 2.24) is 35.2 Å². The van der Waals surface area contributed by atoms with Gasteiger partial charge in [0.15, 0.2) is 6.29 Å². The predicted octanol–water partition coefficient (Wildman–Crippen LogP) is 10.4. The number of alkyl halides is 3. The molecule has 3 saturated heterocycles. The van der Waals surface area contributed by atoms with Gasteiger partial charge in [-0.05, 0) is 104 Å². The van der Waals surface area contributed by atoms with Crippen molar-refractivity contribution in [2.45, 2.75) is 63.9 Å². The number of halogens is 7. The zero-order valence-electron chi connectivity index (χ0n) is 42.9. The fraction of sp³-hybridized carbons (Fsp3) is 0.339. The second-order valence-corrected chi connectivity index (χ2v) is 20.9. The molecule has 7 aromatic rings. The van der Waals surface area contributed by atoms with Crippen molar-refractivity contribution in [1.29, 1.82) is 0 Å². The van der Waals surface area contributed by atoms with Gasteiger partial charge in [-0.2, -0.15) is 23.4 Å². The van der Waals surface area contributed by atoms with Crippen molar-refractivity contribution in [3.05, 3.63) is 173 Å². The summed E-state index contributed by atoms with van der Waals surface area (Å²) in [4.78, 5) is 40.8. The van der Waals surface area contributed by atoms with E-state index in [0.29, 0.717) is 30.1 Å². The summed E-state index contributed by atoms with van der Waals surface area (Å²) in [7, 11) is 0. The number of benzene rings is 5. The van der Waals surface area contributed by atoms with Gasteiger partial charge in [0.05, 0.1) is 41.5 Å². The average molecular weight is 1100 g/mol. The first-order chi connectivity index (χ1) is 37.2. The molecule has 0 radical (unpaired) electrons. The molecule has 2 aromatic heterocycles. The Morgan fingerprint density at radius 2 is 1.51 bits per heavy atom. The van der Waals surface area contributed by atoms with E-state index in [1.807, 2.05) is 81.3 Å². The van der Waals surface area contributed by atoms with Gasteiger partial charge in [0, 0.05) is 78.4 Å². The SMILES string of the molecule is CC(C)N1C(=O)N(c2ccc(N3CCN(c4ccc(OC[C@H]5OC[C@](Cn6cncn6)(c6ccc(F)cc6F)O5)cc4)CC3)cc2)CC1(c1ccc(F)cc1)C(C)(C)CNC(=O)c1cc(-c2cc(C(F)(F)F)[nH]n2)ccc1Cl. The molecule has 15 nitrogen and oxygen atoms in total. The maximum Gasteiger partial charge on any atom is 0.432 e. The molecule has 5 aromatic carbocycles. The van der Waals surface area contributed by atoms with Gasteiger partial charge in [0.25, 0.3) is 5.91 Å². The molecule has 0 bridgehead atoms. The van der Waals surface area contributed by atoms with Crippen LogP contribution in [0.1, 0.15) is 54.9 Å². The Hall–Kier alpha value is -7.62. The number of H-pyrrole nitrogens is 1. The van der Waals surface area contributed by atoms with Crippen LogP contribution in [-0.4, -0.2) is 107 Å². The minimum atomic E-state index is -4.65. The summed E-state index contributed by atoms with van der Waals surface area (Å²) < 4.78 is 103. The summed E-state index contributed by atoms with van der Waals surface area (Å²) in [6.45, 7) is 10.8. The van der Waals surface area contributed by atoms with Crippen LogP contribution in [0.3, 0.4) is 0 Å². The summed E-state index contributed by atoms with van der Waals surface area (Å²) in [6.07, 6.45) is -2.65. The Balaban J connectivity index is 0.785. The standard InChI is InChI=1S/C56H55ClF6N10O5/c1-35(2)73-52(75)72(31-55(73,37-6-8-38(58)9-7-37)53(3,4)29-65-51(74)44-25-36(5-20-46(44)57)48-27-49(68-67-48)56(61,62)63)42-13-11-40(12-14-42)69-21-23-70(24-22-69)41-15-17-43(18-16-41)76-28-50-77-32-54(78-50,30-71-34-64-33-66-71)45-19-10-39(59)26-47(45)60/h5-20,25-27,33-35,50H,21-24,28-32H2,1-4H3,(H,65,74)(H,67,68)/t50-,54+,55?/m0/s1. The van der Waals surface area contributed by atoms with Crippen LogP contribution in [0.15, 0.2) is 128 Å². The molecule has 10 rings (SSSR count). The number of ether oxygens (including phenoxy) is 3. The van der Waals surface area contributed by atoms with E-state index in [0.717, 1.165) is 36.6 Å². The van der Waals surface area contributed by atoms with Crippen molar-refractivity contribution in [3.63, 3.8) is 0 Å². The molecule has 3 aliphatic rings. The molecule has 0 spiro atoms. The number of aromatic amines is 1. The first-order valence-corrected chi connectivity index (χ1v) is 25.6. The number of carbonyl (C=O) groups is 2. The topological polar surface area (TPSA) is 146 Å². The monoisotopic (exact) mass is 1100 g/mol. The van der Waals surface area contributed by atoms with Gasteiger partial charge < -0.3 is 34.2 Å². The van der Waals surface area contributed by atoms with Crippen molar-refractivity contribution in [2.75, 3.05) is 67.2 Å². The number of amides is 3. The Bertz CT molecular complexity index is 3270. The van der Waals surface area contributed by atoms with E-state index in [9.17, 15) is 31.5 Å². The molecule has 22 heteroatoms. The van der Waals surface area contributed by atoms with Crippen LogP contribution in [0.25, 0.3) is 11.3 Å². The summed E-state index contributed by atoms with van der Waals surface area (Å²) >= 11 is 6.51. The first kappa shape index (κ1) is 53.8. The van der Waals surface area contributed by atoms with Crippen LogP contribution in [0, 0.1) is 22.9 Å². The van der Waals surface area contributed by atoms with Gasteiger partial charge in [0.2, 0.25) is 0 Å². The largest absolute Gasteiger partial charge is 0.488 e. The molecular weight excluding hydrogens is 1040 g/mol. The number of rotatable bonds is 16. The highest BCUT2D eigenvalue weighted by Gasteiger charge is 2.60. The van der Waals surface area contributed by atoms with E-state index in [1.165, 1.54) is 59.8 Å². The van der Waals surface area contributed by atoms with E-state index >= 15 is 4.39 Å². The lowest BCUT2D eigenvalue weighted by atomic mass is 9.66. The van der Waals surface area contributed by atoms with Crippen LogP contribution >= 0.6 is 11.6 Å². The molecule has 3 fully saturated rings. The first-order valence-electron chi connectivity index (χ1n) is 25.2. The number of nitrogens with zero attached hydrogens (tertiary/aromatic N) is 8. The van der Waals surface area contributed by atoms with E-state index in [1.54, 1.807) is 21.9 Å². The Morgan fingerprint density at radius 1 is 0.859 bits per heavy atom. The van der Waals surface area contributed by atoms with Gasteiger partial charge in [-0.3, -0.25) is 14.8 Å². The van der Waals surface area contributed by atoms with E-state index in [-0.39, 0.29) is 72.3 Å². The van der Waals surface area contributed by atoms with Gasteiger partial charge in [-0.1, -0.05) is 49.7 Å². The lowest BCUT2D eigenvalue weighted by molar-refractivity contribution is -0.141.